The molecule has 4 heterocycles. The molecule has 2 aliphatic heterocycles. The van der Waals surface area contributed by atoms with E-state index in [2.05, 4.69) is 48.9 Å². The van der Waals surface area contributed by atoms with Crippen LogP contribution in [0.4, 0.5) is 0 Å². The van der Waals surface area contributed by atoms with Crippen LogP contribution >= 0.6 is 35.3 Å². The highest BCUT2D eigenvalue weighted by molar-refractivity contribution is 14.0. The molecule has 4 rings (SSSR count). The number of aliphatic imine (C=N–C) groups is 1. The maximum Gasteiger partial charge on any atom is 0.193 e. The molecule has 28 heavy (non-hydrogen) atoms. The second-order valence-corrected chi connectivity index (χ2v) is 8.56. The standard InChI is InChI=1S/C20H30N6S.HI/c1-21-20(26-10-7-16(15-26)17-12-23-24(2)14-17)22-13-18(19-6-5-11-27-19)25-8-3-4-9-25;/h5-6,11-12,14,16,18H,3-4,7-10,13,15H2,1-2H3,(H,21,22);1H. The number of aryl methyl sites for hydroxylation is 1. The SMILES string of the molecule is CN=C(NCC(c1cccs1)N1CCCC1)N1CCC(c2cnn(C)c2)C1.I. The van der Waals surface area contributed by atoms with Crippen molar-refractivity contribution in [2.75, 3.05) is 39.8 Å². The van der Waals surface area contributed by atoms with Crippen molar-refractivity contribution < 1.29 is 0 Å². The lowest BCUT2D eigenvalue weighted by atomic mass is 10.0. The summed E-state index contributed by atoms with van der Waals surface area (Å²) in [6.07, 6.45) is 7.94. The van der Waals surface area contributed by atoms with Crippen molar-refractivity contribution in [1.29, 1.82) is 0 Å². The Morgan fingerprint density at radius 2 is 2.18 bits per heavy atom. The third kappa shape index (κ3) is 4.88. The normalized spacial score (nSPS) is 21.7. The average Bonchev–Trinajstić information content (AvgIpc) is 3.47. The van der Waals surface area contributed by atoms with E-state index in [0.29, 0.717) is 12.0 Å². The van der Waals surface area contributed by atoms with Crippen LogP contribution in [0.2, 0.25) is 0 Å². The van der Waals surface area contributed by atoms with Gasteiger partial charge in [-0.05, 0) is 49.4 Å². The number of likely N-dealkylation sites (tertiary alicyclic amines) is 2. The molecule has 0 amide bonds. The van der Waals surface area contributed by atoms with Gasteiger partial charge in [0.1, 0.15) is 0 Å². The predicted molar refractivity (Wildman–Crippen MR) is 127 cm³/mol. The van der Waals surface area contributed by atoms with Gasteiger partial charge in [0.25, 0.3) is 0 Å². The molecule has 6 nitrogen and oxygen atoms in total. The molecular formula is C20H31IN6S. The summed E-state index contributed by atoms with van der Waals surface area (Å²) in [5, 5.41) is 10.2. The third-order valence-electron chi connectivity index (χ3n) is 5.80. The van der Waals surface area contributed by atoms with E-state index < -0.39 is 0 Å². The molecule has 2 fully saturated rings. The van der Waals surface area contributed by atoms with Gasteiger partial charge in [0.05, 0.1) is 12.2 Å². The van der Waals surface area contributed by atoms with E-state index in [0.717, 1.165) is 32.0 Å². The van der Waals surface area contributed by atoms with E-state index in [9.17, 15) is 0 Å². The van der Waals surface area contributed by atoms with Crippen LogP contribution in [0.5, 0.6) is 0 Å². The smallest absolute Gasteiger partial charge is 0.193 e. The van der Waals surface area contributed by atoms with Crippen molar-refractivity contribution in [3.8, 4) is 0 Å². The Labute approximate surface area is 189 Å². The lowest BCUT2D eigenvalue weighted by molar-refractivity contribution is 0.247. The minimum atomic E-state index is 0. The molecule has 8 heteroatoms. The van der Waals surface area contributed by atoms with E-state index in [4.69, 9.17) is 0 Å². The average molecular weight is 514 g/mol. The zero-order valence-corrected chi connectivity index (χ0v) is 19.9. The summed E-state index contributed by atoms with van der Waals surface area (Å²) in [7, 11) is 3.88. The number of hydrogen-bond donors (Lipinski definition) is 1. The van der Waals surface area contributed by atoms with Gasteiger partial charge in [0, 0.05) is 50.7 Å². The summed E-state index contributed by atoms with van der Waals surface area (Å²) in [5.41, 5.74) is 1.34. The van der Waals surface area contributed by atoms with Crippen LogP contribution in [-0.2, 0) is 7.05 Å². The highest BCUT2D eigenvalue weighted by atomic mass is 127. The maximum absolute atomic E-state index is 4.58. The highest BCUT2D eigenvalue weighted by Gasteiger charge is 2.29. The van der Waals surface area contributed by atoms with Crippen LogP contribution in [0.3, 0.4) is 0 Å². The number of nitrogens with zero attached hydrogens (tertiary/aromatic N) is 5. The number of nitrogens with one attached hydrogen (secondary N) is 1. The Morgan fingerprint density at radius 3 is 2.82 bits per heavy atom. The van der Waals surface area contributed by atoms with Crippen LogP contribution in [0, 0.1) is 0 Å². The summed E-state index contributed by atoms with van der Waals surface area (Å²) in [4.78, 5) is 11.0. The zero-order chi connectivity index (χ0) is 18.6. The number of rotatable bonds is 5. The first kappa shape index (κ1) is 21.6. The van der Waals surface area contributed by atoms with Gasteiger partial charge >= 0.3 is 0 Å². The number of thiophene rings is 1. The molecule has 2 aliphatic rings. The first-order valence-corrected chi connectivity index (χ1v) is 10.8. The molecular weight excluding hydrogens is 483 g/mol. The van der Waals surface area contributed by atoms with Gasteiger partial charge in [-0.25, -0.2) is 0 Å². The molecule has 2 saturated heterocycles. The van der Waals surface area contributed by atoms with Gasteiger partial charge in [-0.3, -0.25) is 14.6 Å². The first-order valence-electron chi connectivity index (χ1n) is 9.96. The topological polar surface area (TPSA) is 48.7 Å². The largest absolute Gasteiger partial charge is 0.354 e. The molecule has 2 aromatic rings. The van der Waals surface area contributed by atoms with E-state index in [-0.39, 0.29) is 24.0 Å². The molecule has 0 radical (unpaired) electrons. The van der Waals surface area contributed by atoms with Crippen molar-refractivity contribution >= 4 is 41.3 Å². The molecule has 2 aromatic heterocycles. The van der Waals surface area contributed by atoms with Crippen LogP contribution in [0.15, 0.2) is 34.9 Å². The Balaban J connectivity index is 0.00000225. The summed E-state index contributed by atoms with van der Waals surface area (Å²) in [6.45, 7) is 5.39. The van der Waals surface area contributed by atoms with Crippen molar-refractivity contribution in [3.05, 3.63) is 40.3 Å². The second-order valence-electron chi connectivity index (χ2n) is 7.58. The molecule has 154 valence electrons. The summed E-state index contributed by atoms with van der Waals surface area (Å²) >= 11 is 1.86. The van der Waals surface area contributed by atoms with E-state index in [1.165, 1.54) is 36.4 Å². The van der Waals surface area contributed by atoms with Crippen molar-refractivity contribution in [2.24, 2.45) is 12.0 Å². The maximum atomic E-state index is 4.58. The van der Waals surface area contributed by atoms with Gasteiger partial charge in [-0.15, -0.1) is 35.3 Å². The number of halogens is 1. The highest BCUT2D eigenvalue weighted by Crippen LogP contribution is 2.29. The molecule has 2 unspecified atom stereocenters. The molecule has 0 aromatic carbocycles. The number of guanidine groups is 1. The van der Waals surface area contributed by atoms with Crippen molar-refractivity contribution in [3.63, 3.8) is 0 Å². The Hall–Kier alpha value is -1.13. The third-order valence-corrected chi connectivity index (χ3v) is 6.78. The fourth-order valence-electron chi connectivity index (χ4n) is 4.34. The summed E-state index contributed by atoms with van der Waals surface area (Å²) in [5.74, 6) is 1.58. The van der Waals surface area contributed by atoms with Crippen LogP contribution < -0.4 is 5.32 Å². The Morgan fingerprint density at radius 1 is 1.36 bits per heavy atom. The Bertz CT molecular complexity index is 753. The lowest BCUT2D eigenvalue weighted by Crippen LogP contribution is -2.44. The second kappa shape index (κ2) is 10.1. The van der Waals surface area contributed by atoms with E-state index in [1.54, 1.807) is 0 Å². The van der Waals surface area contributed by atoms with Crippen LogP contribution in [-0.4, -0.2) is 65.3 Å². The zero-order valence-electron chi connectivity index (χ0n) is 16.8. The Kier molecular flexibility index (Phi) is 7.76. The molecule has 0 bridgehead atoms. The van der Waals surface area contributed by atoms with E-state index >= 15 is 0 Å². The minimum Gasteiger partial charge on any atom is -0.354 e. The van der Waals surface area contributed by atoms with Gasteiger partial charge in [-0.1, -0.05) is 6.07 Å². The lowest BCUT2D eigenvalue weighted by Gasteiger charge is -2.29. The minimum absolute atomic E-state index is 0. The van der Waals surface area contributed by atoms with Gasteiger partial charge < -0.3 is 10.2 Å². The van der Waals surface area contributed by atoms with Crippen LogP contribution in [0.25, 0.3) is 0 Å². The predicted octanol–water partition coefficient (Wildman–Crippen LogP) is 3.30. The quantitative estimate of drug-likeness (QED) is 0.378. The molecule has 2 atom stereocenters. The fourth-order valence-corrected chi connectivity index (χ4v) is 5.20. The van der Waals surface area contributed by atoms with Crippen LogP contribution in [0.1, 0.15) is 41.7 Å². The molecule has 0 saturated carbocycles. The number of aromatic nitrogens is 2. The number of hydrogen-bond acceptors (Lipinski definition) is 4. The first-order chi connectivity index (χ1) is 13.2. The molecule has 1 N–H and O–H groups in total. The summed E-state index contributed by atoms with van der Waals surface area (Å²) in [6, 6.07) is 4.88. The van der Waals surface area contributed by atoms with Gasteiger partial charge in [0.15, 0.2) is 5.96 Å². The van der Waals surface area contributed by atoms with Gasteiger partial charge in [-0.2, -0.15) is 5.10 Å². The summed E-state index contributed by atoms with van der Waals surface area (Å²) < 4.78 is 1.90. The molecule has 0 aliphatic carbocycles. The van der Waals surface area contributed by atoms with E-state index in [1.807, 2.05) is 36.3 Å². The van der Waals surface area contributed by atoms with Crippen molar-refractivity contribution in [2.45, 2.75) is 31.2 Å². The molecule has 0 spiro atoms. The monoisotopic (exact) mass is 514 g/mol. The fraction of sp³-hybridized carbons (Fsp3) is 0.600. The van der Waals surface area contributed by atoms with Gasteiger partial charge in [0.2, 0.25) is 0 Å². The van der Waals surface area contributed by atoms with Crippen molar-refractivity contribution in [1.82, 2.24) is 24.9 Å².